The lowest BCUT2D eigenvalue weighted by atomic mass is 9.99. The van der Waals surface area contributed by atoms with Gasteiger partial charge in [-0.1, -0.05) is 30.3 Å². The molecule has 2 aromatic rings. The summed E-state index contributed by atoms with van der Waals surface area (Å²) in [6, 6.07) is 9.09. The van der Waals surface area contributed by atoms with Crippen molar-refractivity contribution in [2.24, 2.45) is 0 Å². The van der Waals surface area contributed by atoms with Crippen molar-refractivity contribution in [3.05, 3.63) is 70.8 Å². The van der Waals surface area contributed by atoms with E-state index in [2.05, 4.69) is 0 Å². The minimum absolute atomic E-state index is 0.201. The molecule has 0 radical (unpaired) electrons. The molecule has 0 saturated heterocycles. The first kappa shape index (κ1) is 15.4. The zero-order valence-electron chi connectivity index (χ0n) is 10.6. The molecule has 0 aliphatic heterocycles. The number of rotatable bonds is 3. The maximum absolute atomic E-state index is 12.6. The Kier molecular flexibility index (Phi) is 4.27. The SMILES string of the molecule is OC(c1ccc(C(F)(F)F)cc1)c1cccc(C(F)F)c1. The van der Waals surface area contributed by atoms with Gasteiger partial charge in [0, 0.05) is 5.56 Å². The van der Waals surface area contributed by atoms with E-state index in [4.69, 9.17) is 0 Å². The molecule has 0 bridgehead atoms. The summed E-state index contributed by atoms with van der Waals surface area (Å²) in [6.45, 7) is 0. The van der Waals surface area contributed by atoms with Gasteiger partial charge in [-0.3, -0.25) is 0 Å². The Labute approximate surface area is 117 Å². The van der Waals surface area contributed by atoms with Crippen molar-refractivity contribution < 1.29 is 27.1 Å². The highest BCUT2D eigenvalue weighted by Crippen LogP contribution is 2.31. The molecule has 0 aliphatic rings. The zero-order chi connectivity index (χ0) is 15.6. The largest absolute Gasteiger partial charge is 0.416 e. The number of aliphatic hydroxyl groups excluding tert-OH is 1. The molecule has 0 aromatic heterocycles. The number of halogens is 5. The topological polar surface area (TPSA) is 20.2 Å². The number of alkyl halides is 5. The fraction of sp³-hybridized carbons (Fsp3) is 0.200. The Balaban J connectivity index is 2.27. The van der Waals surface area contributed by atoms with Crippen molar-refractivity contribution in [3.63, 3.8) is 0 Å². The number of hydrogen-bond acceptors (Lipinski definition) is 1. The molecule has 1 nitrogen and oxygen atoms in total. The van der Waals surface area contributed by atoms with E-state index >= 15 is 0 Å². The Morgan fingerprint density at radius 3 is 1.90 bits per heavy atom. The normalized spacial score (nSPS) is 13.5. The van der Waals surface area contributed by atoms with Crippen molar-refractivity contribution in [1.29, 1.82) is 0 Å². The minimum Gasteiger partial charge on any atom is -0.384 e. The quantitative estimate of drug-likeness (QED) is 0.813. The molecule has 0 saturated carbocycles. The number of hydrogen-bond donors (Lipinski definition) is 1. The molecule has 1 N–H and O–H groups in total. The monoisotopic (exact) mass is 302 g/mol. The third-order valence-electron chi connectivity index (χ3n) is 3.03. The molecule has 1 atom stereocenters. The summed E-state index contributed by atoms with van der Waals surface area (Å²) < 4.78 is 62.5. The van der Waals surface area contributed by atoms with E-state index < -0.39 is 24.3 Å². The van der Waals surface area contributed by atoms with E-state index in [1.807, 2.05) is 0 Å². The first-order valence-corrected chi connectivity index (χ1v) is 6.02. The highest BCUT2D eigenvalue weighted by Gasteiger charge is 2.30. The maximum atomic E-state index is 12.6. The fourth-order valence-corrected chi connectivity index (χ4v) is 1.91. The van der Waals surface area contributed by atoms with Crippen LogP contribution in [-0.4, -0.2) is 5.11 Å². The molecule has 0 spiro atoms. The van der Waals surface area contributed by atoms with Crippen molar-refractivity contribution in [2.45, 2.75) is 18.7 Å². The second-order valence-electron chi connectivity index (χ2n) is 4.49. The Morgan fingerprint density at radius 2 is 1.38 bits per heavy atom. The van der Waals surface area contributed by atoms with Gasteiger partial charge in [-0.05, 0) is 29.3 Å². The molecule has 2 rings (SSSR count). The van der Waals surface area contributed by atoms with E-state index in [1.54, 1.807) is 0 Å². The van der Waals surface area contributed by atoms with Gasteiger partial charge in [0.1, 0.15) is 6.10 Å². The molecule has 2 aromatic carbocycles. The van der Waals surface area contributed by atoms with Crippen molar-refractivity contribution in [1.82, 2.24) is 0 Å². The van der Waals surface area contributed by atoms with Crippen LogP contribution in [0.3, 0.4) is 0 Å². The third kappa shape index (κ3) is 3.58. The lowest BCUT2D eigenvalue weighted by Gasteiger charge is -2.14. The smallest absolute Gasteiger partial charge is 0.384 e. The maximum Gasteiger partial charge on any atom is 0.416 e. The molecule has 0 fully saturated rings. The van der Waals surface area contributed by atoms with E-state index in [1.165, 1.54) is 18.2 Å². The predicted molar refractivity (Wildman–Crippen MR) is 66.9 cm³/mol. The molecule has 21 heavy (non-hydrogen) atoms. The predicted octanol–water partition coefficient (Wildman–Crippen LogP) is 4.72. The van der Waals surface area contributed by atoms with Gasteiger partial charge in [-0.25, -0.2) is 8.78 Å². The fourth-order valence-electron chi connectivity index (χ4n) is 1.91. The first-order valence-electron chi connectivity index (χ1n) is 6.02. The minimum atomic E-state index is -4.46. The summed E-state index contributed by atoms with van der Waals surface area (Å²) in [4.78, 5) is 0. The van der Waals surface area contributed by atoms with Crippen LogP contribution in [0.5, 0.6) is 0 Å². The van der Waals surface area contributed by atoms with Crippen LogP contribution in [0.15, 0.2) is 48.5 Å². The van der Waals surface area contributed by atoms with Crippen LogP contribution in [0.2, 0.25) is 0 Å². The summed E-state index contributed by atoms with van der Waals surface area (Å²) in [6.07, 6.45) is -8.39. The summed E-state index contributed by atoms with van der Waals surface area (Å²) in [5.41, 5.74) is -0.680. The van der Waals surface area contributed by atoms with Gasteiger partial charge in [0.15, 0.2) is 0 Å². The van der Waals surface area contributed by atoms with Gasteiger partial charge in [0.25, 0.3) is 6.43 Å². The summed E-state index contributed by atoms with van der Waals surface area (Å²) in [5, 5.41) is 10.1. The highest BCUT2D eigenvalue weighted by atomic mass is 19.4. The van der Waals surface area contributed by atoms with Crippen LogP contribution in [0.25, 0.3) is 0 Å². The molecular formula is C15H11F5O. The second kappa shape index (κ2) is 5.81. The van der Waals surface area contributed by atoms with E-state index in [0.717, 1.165) is 30.3 Å². The van der Waals surface area contributed by atoms with Crippen molar-refractivity contribution in [3.8, 4) is 0 Å². The van der Waals surface area contributed by atoms with Gasteiger partial charge >= 0.3 is 6.18 Å². The van der Waals surface area contributed by atoms with Crippen LogP contribution >= 0.6 is 0 Å². The average Bonchev–Trinajstić information content (AvgIpc) is 2.46. The van der Waals surface area contributed by atoms with Crippen LogP contribution in [0, 0.1) is 0 Å². The average molecular weight is 302 g/mol. The van der Waals surface area contributed by atoms with E-state index in [0.29, 0.717) is 0 Å². The van der Waals surface area contributed by atoms with E-state index in [-0.39, 0.29) is 16.7 Å². The van der Waals surface area contributed by atoms with Gasteiger partial charge < -0.3 is 5.11 Å². The standard InChI is InChI=1S/C15H11F5O/c16-14(17)11-3-1-2-10(8-11)13(21)9-4-6-12(7-5-9)15(18,19)20/h1-8,13-14,21H. The van der Waals surface area contributed by atoms with Crippen LogP contribution in [0.4, 0.5) is 22.0 Å². The Bertz CT molecular complexity index is 604. The lowest BCUT2D eigenvalue weighted by molar-refractivity contribution is -0.137. The van der Waals surface area contributed by atoms with Crippen LogP contribution in [-0.2, 0) is 6.18 Å². The molecule has 112 valence electrons. The van der Waals surface area contributed by atoms with Gasteiger partial charge in [-0.15, -0.1) is 0 Å². The second-order valence-corrected chi connectivity index (χ2v) is 4.49. The number of aliphatic hydroxyl groups is 1. The van der Waals surface area contributed by atoms with Crippen molar-refractivity contribution >= 4 is 0 Å². The van der Waals surface area contributed by atoms with Gasteiger partial charge in [0.05, 0.1) is 5.56 Å². The highest BCUT2D eigenvalue weighted by molar-refractivity contribution is 5.34. The number of benzene rings is 2. The summed E-state index contributed by atoms with van der Waals surface area (Å²) in [5.74, 6) is 0. The van der Waals surface area contributed by atoms with Crippen LogP contribution in [0.1, 0.15) is 34.8 Å². The molecule has 6 heteroatoms. The van der Waals surface area contributed by atoms with Crippen molar-refractivity contribution in [2.75, 3.05) is 0 Å². The Hall–Kier alpha value is -1.95. The molecule has 0 amide bonds. The molecule has 0 heterocycles. The van der Waals surface area contributed by atoms with Crippen LogP contribution < -0.4 is 0 Å². The molecule has 0 aliphatic carbocycles. The van der Waals surface area contributed by atoms with Gasteiger partial charge in [0.2, 0.25) is 0 Å². The summed E-state index contributed by atoms with van der Waals surface area (Å²) in [7, 11) is 0. The molecular weight excluding hydrogens is 291 g/mol. The third-order valence-corrected chi connectivity index (χ3v) is 3.03. The summed E-state index contributed by atoms with van der Waals surface area (Å²) >= 11 is 0. The van der Waals surface area contributed by atoms with Gasteiger partial charge in [-0.2, -0.15) is 13.2 Å². The molecule has 1 unspecified atom stereocenters. The van der Waals surface area contributed by atoms with E-state index in [9.17, 15) is 27.1 Å². The Morgan fingerprint density at radius 1 is 0.810 bits per heavy atom. The zero-order valence-corrected chi connectivity index (χ0v) is 10.6. The first-order chi connectivity index (χ1) is 9.79. The lowest BCUT2D eigenvalue weighted by Crippen LogP contribution is -2.06.